The van der Waals surface area contributed by atoms with E-state index < -0.39 is 17.2 Å². The average molecular weight is 443 g/mol. The Morgan fingerprint density at radius 1 is 1.06 bits per heavy atom. The monoisotopic (exact) mass is 442 g/mol. The molecular formula is C24H31FN4O3. The van der Waals surface area contributed by atoms with E-state index in [1.54, 1.807) is 6.07 Å². The minimum Gasteiger partial charge on any atom is -0.477 e. The number of nitrogens with zero attached hydrogens (tertiary/aromatic N) is 4. The first-order valence-corrected chi connectivity index (χ1v) is 11.7. The Balaban J connectivity index is 1.40. The Kier molecular flexibility index (Phi) is 5.45. The zero-order valence-electron chi connectivity index (χ0n) is 18.8. The third-order valence-electron chi connectivity index (χ3n) is 7.37. The van der Waals surface area contributed by atoms with Gasteiger partial charge in [-0.25, -0.2) is 9.18 Å². The number of aromatic carboxylic acids is 1. The molecule has 0 spiro atoms. The first kappa shape index (κ1) is 21.4. The SMILES string of the molecule is CC(C)N1CCC(N2CCN(c3cc4c(cc3F)c(=O)c(C(=O)O)cn4C3CC3)CC2)C1. The summed E-state index contributed by atoms with van der Waals surface area (Å²) in [5.74, 6) is -1.73. The van der Waals surface area contributed by atoms with E-state index in [4.69, 9.17) is 0 Å². The summed E-state index contributed by atoms with van der Waals surface area (Å²) in [7, 11) is 0. The fourth-order valence-electron chi connectivity index (χ4n) is 5.27. The van der Waals surface area contributed by atoms with Gasteiger partial charge in [0.1, 0.15) is 11.4 Å². The summed E-state index contributed by atoms with van der Waals surface area (Å²) < 4.78 is 17.0. The van der Waals surface area contributed by atoms with E-state index in [0.29, 0.717) is 23.3 Å². The van der Waals surface area contributed by atoms with Crippen molar-refractivity contribution in [2.45, 2.75) is 51.2 Å². The molecule has 1 aromatic heterocycles. The van der Waals surface area contributed by atoms with Crippen molar-refractivity contribution in [3.05, 3.63) is 39.9 Å². The Bertz CT molecular complexity index is 1100. The van der Waals surface area contributed by atoms with Crippen molar-refractivity contribution >= 4 is 22.6 Å². The summed E-state index contributed by atoms with van der Waals surface area (Å²) in [6, 6.07) is 4.30. The molecule has 7 nitrogen and oxygen atoms in total. The molecule has 172 valence electrons. The molecule has 0 amide bonds. The maximum atomic E-state index is 15.1. The summed E-state index contributed by atoms with van der Waals surface area (Å²) in [6.07, 6.45) is 4.50. The van der Waals surface area contributed by atoms with Crippen molar-refractivity contribution in [1.82, 2.24) is 14.4 Å². The van der Waals surface area contributed by atoms with Gasteiger partial charge in [0.15, 0.2) is 0 Å². The highest BCUT2D eigenvalue weighted by atomic mass is 19.1. The Morgan fingerprint density at radius 3 is 2.38 bits per heavy atom. The number of aromatic nitrogens is 1. The molecule has 1 aliphatic carbocycles. The molecule has 0 radical (unpaired) electrons. The molecule has 8 heteroatoms. The van der Waals surface area contributed by atoms with Gasteiger partial charge in [-0.15, -0.1) is 0 Å². The van der Waals surface area contributed by atoms with Crippen LogP contribution in [-0.4, -0.2) is 76.8 Å². The maximum absolute atomic E-state index is 15.1. The summed E-state index contributed by atoms with van der Waals surface area (Å²) in [4.78, 5) is 31.3. The number of hydrogen-bond donors (Lipinski definition) is 1. The summed E-state index contributed by atoms with van der Waals surface area (Å²) in [5, 5.41) is 9.57. The van der Waals surface area contributed by atoms with Crippen molar-refractivity contribution in [3.8, 4) is 0 Å². The van der Waals surface area contributed by atoms with Crippen LogP contribution in [0.1, 0.15) is 49.5 Å². The lowest BCUT2D eigenvalue weighted by Crippen LogP contribution is -2.51. The smallest absolute Gasteiger partial charge is 0.341 e. The van der Waals surface area contributed by atoms with E-state index in [1.165, 1.54) is 18.7 Å². The number of carboxylic acid groups (broad SMARTS) is 1. The molecule has 2 aliphatic heterocycles. The van der Waals surface area contributed by atoms with Crippen molar-refractivity contribution in [3.63, 3.8) is 0 Å². The van der Waals surface area contributed by atoms with Crippen LogP contribution >= 0.6 is 0 Å². The second-order valence-electron chi connectivity index (χ2n) is 9.69. The molecular weight excluding hydrogens is 411 g/mol. The number of carboxylic acids is 1. The molecule has 1 atom stereocenters. The minimum atomic E-state index is -1.27. The summed E-state index contributed by atoms with van der Waals surface area (Å²) >= 11 is 0. The number of rotatable bonds is 5. The van der Waals surface area contributed by atoms with E-state index in [1.807, 2.05) is 4.57 Å². The topological polar surface area (TPSA) is 69.0 Å². The largest absolute Gasteiger partial charge is 0.477 e. The van der Waals surface area contributed by atoms with Gasteiger partial charge in [0.05, 0.1) is 11.2 Å². The maximum Gasteiger partial charge on any atom is 0.341 e. The number of hydrogen-bond acceptors (Lipinski definition) is 5. The van der Waals surface area contributed by atoms with Crippen LogP contribution in [0.15, 0.2) is 23.1 Å². The molecule has 2 saturated heterocycles. The Hall–Kier alpha value is -2.45. The van der Waals surface area contributed by atoms with E-state index >= 15 is 4.39 Å². The van der Waals surface area contributed by atoms with Gasteiger partial charge in [0.25, 0.3) is 0 Å². The molecule has 5 rings (SSSR count). The lowest BCUT2D eigenvalue weighted by molar-refractivity contribution is 0.0695. The van der Waals surface area contributed by atoms with Gasteiger partial charge >= 0.3 is 5.97 Å². The second-order valence-corrected chi connectivity index (χ2v) is 9.69. The third kappa shape index (κ3) is 3.79. The molecule has 3 heterocycles. The fourth-order valence-corrected chi connectivity index (χ4v) is 5.27. The lowest BCUT2D eigenvalue weighted by atomic mass is 10.1. The molecule has 2 aromatic rings. The zero-order valence-corrected chi connectivity index (χ0v) is 18.8. The molecule has 0 bridgehead atoms. The van der Waals surface area contributed by atoms with Gasteiger partial charge < -0.3 is 14.6 Å². The quantitative estimate of drug-likeness (QED) is 0.768. The molecule has 3 fully saturated rings. The Morgan fingerprint density at radius 2 is 1.78 bits per heavy atom. The predicted octanol–water partition coefficient (Wildman–Crippen LogP) is 2.78. The number of halogens is 1. The van der Waals surface area contributed by atoms with Gasteiger partial charge in [-0.3, -0.25) is 14.6 Å². The average Bonchev–Trinajstić information content (AvgIpc) is 3.48. The number of fused-ring (bicyclic) bond motifs is 1. The molecule has 1 saturated carbocycles. The Labute approximate surface area is 187 Å². The lowest BCUT2D eigenvalue weighted by Gasteiger charge is -2.39. The highest BCUT2D eigenvalue weighted by Crippen LogP contribution is 2.38. The van der Waals surface area contributed by atoms with Gasteiger partial charge in [-0.1, -0.05) is 0 Å². The van der Waals surface area contributed by atoms with Crippen molar-refractivity contribution in [2.24, 2.45) is 0 Å². The van der Waals surface area contributed by atoms with Gasteiger partial charge in [-0.05, 0) is 45.2 Å². The highest BCUT2D eigenvalue weighted by molar-refractivity contribution is 5.93. The van der Waals surface area contributed by atoms with Gasteiger partial charge in [-0.2, -0.15) is 0 Å². The number of benzene rings is 1. The number of pyridine rings is 1. The molecule has 1 N–H and O–H groups in total. The number of piperazine rings is 1. The zero-order chi connectivity index (χ0) is 22.6. The third-order valence-corrected chi connectivity index (χ3v) is 7.37. The van der Waals surface area contributed by atoms with E-state index in [2.05, 4.69) is 28.5 Å². The van der Waals surface area contributed by atoms with E-state index in [9.17, 15) is 14.7 Å². The number of anilines is 1. The summed E-state index contributed by atoms with van der Waals surface area (Å²) in [6.45, 7) is 9.97. The van der Waals surface area contributed by atoms with Crippen molar-refractivity contribution in [1.29, 1.82) is 0 Å². The van der Waals surface area contributed by atoms with Crippen LogP contribution in [0.4, 0.5) is 10.1 Å². The van der Waals surface area contributed by atoms with E-state index in [0.717, 1.165) is 52.1 Å². The number of carbonyl (C=O) groups is 1. The molecule has 1 aromatic carbocycles. The van der Waals surface area contributed by atoms with Gasteiger partial charge in [0, 0.05) is 69.0 Å². The summed E-state index contributed by atoms with van der Waals surface area (Å²) in [5.41, 5.74) is 0.224. The minimum absolute atomic E-state index is 0.149. The standard InChI is InChI=1S/C24H31FN4O3/c1-15(2)28-6-5-17(13-28)26-7-9-27(10-8-26)22-12-21-18(11-20(22)25)23(30)19(24(31)32)14-29(21)16-3-4-16/h11-12,14-17H,3-10,13H2,1-2H3,(H,31,32). The van der Waals surface area contributed by atoms with Crippen LogP contribution in [0.3, 0.4) is 0 Å². The van der Waals surface area contributed by atoms with E-state index in [-0.39, 0.29) is 17.0 Å². The van der Waals surface area contributed by atoms with Crippen LogP contribution in [0.5, 0.6) is 0 Å². The number of likely N-dealkylation sites (tertiary alicyclic amines) is 1. The van der Waals surface area contributed by atoms with Crippen LogP contribution in [0.2, 0.25) is 0 Å². The first-order chi connectivity index (χ1) is 15.3. The molecule has 32 heavy (non-hydrogen) atoms. The predicted molar refractivity (Wildman–Crippen MR) is 122 cm³/mol. The van der Waals surface area contributed by atoms with Crippen LogP contribution in [0, 0.1) is 5.82 Å². The van der Waals surface area contributed by atoms with Crippen LogP contribution in [0.25, 0.3) is 10.9 Å². The van der Waals surface area contributed by atoms with Crippen LogP contribution in [-0.2, 0) is 0 Å². The van der Waals surface area contributed by atoms with Crippen LogP contribution < -0.4 is 10.3 Å². The second kappa shape index (κ2) is 8.15. The van der Waals surface area contributed by atoms with Crippen molar-refractivity contribution < 1.29 is 14.3 Å². The van der Waals surface area contributed by atoms with Crippen molar-refractivity contribution in [2.75, 3.05) is 44.2 Å². The highest BCUT2D eigenvalue weighted by Gasteiger charge is 2.32. The molecule has 3 aliphatic rings. The van der Waals surface area contributed by atoms with Gasteiger partial charge in [0.2, 0.25) is 5.43 Å². The first-order valence-electron chi connectivity index (χ1n) is 11.7. The fraction of sp³-hybridized carbons (Fsp3) is 0.583. The molecule has 1 unspecified atom stereocenters. The normalized spacial score (nSPS) is 22.9.